The highest BCUT2D eigenvalue weighted by Crippen LogP contribution is 2.41. The van der Waals surface area contributed by atoms with Gasteiger partial charge in [-0.1, -0.05) is 24.8 Å². The van der Waals surface area contributed by atoms with Gasteiger partial charge in [-0.05, 0) is 47.0 Å². The number of carbonyl (C=O) groups is 4. The lowest BCUT2D eigenvalue weighted by Crippen LogP contribution is -2.56. The van der Waals surface area contributed by atoms with Gasteiger partial charge in [0, 0.05) is 43.2 Å². The molecule has 2 aromatic carbocycles. The monoisotopic (exact) mass is 457 g/mol. The van der Waals surface area contributed by atoms with Crippen molar-refractivity contribution in [1.29, 1.82) is 0 Å². The fraction of sp³-hybridized carbons (Fsp3) is 0.231. The molecule has 1 fully saturated rings. The zero-order valence-electron chi connectivity index (χ0n) is 18.7. The molecule has 1 unspecified atom stereocenters. The number of nitrogens with zero attached hydrogens (tertiary/aromatic N) is 3. The number of amides is 3. The Kier molecular flexibility index (Phi) is 5.08. The van der Waals surface area contributed by atoms with Crippen LogP contribution in [0.25, 0.3) is 10.9 Å². The van der Waals surface area contributed by atoms with Gasteiger partial charge >= 0.3 is 12.0 Å². The van der Waals surface area contributed by atoms with Crippen LogP contribution in [-0.2, 0) is 29.1 Å². The maximum atomic E-state index is 13.1. The van der Waals surface area contributed by atoms with Gasteiger partial charge in [0.2, 0.25) is 5.91 Å². The fourth-order valence-electron chi connectivity index (χ4n) is 4.98. The van der Waals surface area contributed by atoms with Crippen LogP contribution in [0.4, 0.5) is 4.79 Å². The smallest absolute Gasteiger partial charge is 0.335 e. The average Bonchev–Trinajstić information content (AvgIpc) is 3.14. The molecule has 8 nitrogen and oxygen atoms in total. The lowest BCUT2D eigenvalue weighted by atomic mass is 9.88. The number of carboxylic acids is 1. The number of carbonyl (C=O) groups excluding carboxylic acids is 3. The number of urea groups is 1. The number of allylic oxidation sites excluding steroid dienone is 1. The Hall–Kier alpha value is -4.20. The van der Waals surface area contributed by atoms with Crippen molar-refractivity contribution < 1.29 is 24.3 Å². The first-order valence-corrected chi connectivity index (χ1v) is 11.0. The van der Waals surface area contributed by atoms with Gasteiger partial charge in [0.05, 0.1) is 18.0 Å². The summed E-state index contributed by atoms with van der Waals surface area (Å²) in [6, 6.07) is 12.2. The van der Waals surface area contributed by atoms with Crippen LogP contribution in [0.2, 0.25) is 0 Å². The van der Waals surface area contributed by atoms with Gasteiger partial charge in [-0.2, -0.15) is 0 Å². The second kappa shape index (κ2) is 7.98. The highest BCUT2D eigenvalue weighted by molar-refractivity contribution is 6.04. The van der Waals surface area contributed by atoms with Crippen molar-refractivity contribution >= 4 is 34.6 Å². The molecule has 3 heterocycles. The molecule has 172 valence electrons. The minimum atomic E-state index is -0.987. The van der Waals surface area contributed by atoms with Gasteiger partial charge < -0.3 is 14.6 Å². The van der Waals surface area contributed by atoms with Gasteiger partial charge in [0.25, 0.3) is 0 Å². The van der Waals surface area contributed by atoms with E-state index in [1.165, 1.54) is 18.0 Å². The van der Waals surface area contributed by atoms with Crippen molar-refractivity contribution in [2.24, 2.45) is 0 Å². The first-order valence-electron chi connectivity index (χ1n) is 11.0. The molecule has 34 heavy (non-hydrogen) atoms. The number of ketones is 1. The Morgan fingerprint density at radius 1 is 1.12 bits per heavy atom. The summed E-state index contributed by atoms with van der Waals surface area (Å²) in [6.45, 7) is 4.70. The van der Waals surface area contributed by atoms with E-state index in [4.69, 9.17) is 0 Å². The third kappa shape index (κ3) is 3.39. The van der Waals surface area contributed by atoms with Crippen molar-refractivity contribution in [3.63, 3.8) is 0 Å². The summed E-state index contributed by atoms with van der Waals surface area (Å²) in [4.78, 5) is 51.8. The van der Waals surface area contributed by atoms with E-state index < -0.39 is 11.9 Å². The molecule has 3 aromatic rings. The Labute approximate surface area is 195 Å². The molecular weight excluding hydrogens is 434 g/mol. The Balaban J connectivity index is 1.67. The number of hydrogen-bond acceptors (Lipinski definition) is 4. The number of imide groups is 1. The summed E-state index contributed by atoms with van der Waals surface area (Å²) in [6.07, 6.45) is 1.52. The third-order valence-corrected chi connectivity index (χ3v) is 6.70. The van der Waals surface area contributed by atoms with E-state index in [1.54, 1.807) is 29.2 Å². The van der Waals surface area contributed by atoms with Crippen LogP contribution in [0.1, 0.15) is 38.7 Å². The van der Waals surface area contributed by atoms with Crippen LogP contribution in [0.3, 0.4) is 0 Å². The first kappa shape index (κ1) is 21.6. The zero-order chi connectivity index (χ0) is 24.1. The van der Waals surface area contributed by atoms with Crippen LogP contribution in [0, 0.1) is 0 Å². The quantitative estimate of drug-likeness (QED) is 0.573. The minimum absolute atomic E-state index is 0.0866. The standard InChI is InChI=1S/C26H23N3O5/c1-3-18(30)10-16-6-9-21-19(11-16)23-20-13-28(26(34)27(2)24(20)31)14-22(23)29(21)12-15-4-7-17(8-5-15)25(32)33/h3-9,11,20H,1,10,12-14H2,2H3,(H,32,33). The van der Waals surface area contributed by atoms with Crippen molar-refractivity contribution in [2.45, 2.75) is 25.4 Å². The van der Waals surface area contributed by atoms with Crippen molar-refractivity contribution in [2.75, 3.05) is 13.6 Å². The van der Waals surface area contributed by atoms with E-state index in [0.29, 0.717) is 19.6 Å². The maximum Gasteiger partial charge on any atom is 0.335 e. The fourth-order valence-corrected chi connectivity index (χ4v) is 4.98. The summed E-state index contributed by atoms with van der Waals surface area (Å²) >= 11 is 0. The normalized spacial score (nSPS) is 17.1. The SMILES string of the molecule is C=CC(=O)Cc1ccc2c(c1)c1c(n2Cc2ccc(C(=O)O)cc2)CN2CC1C(=O)N(C)C2=O. The van der Waals surface area contributed by atoms with Crippen LogP contribution >= 0.6 is 0 Å². The van der Waals surface area contributed by atoms with Gasteiger partial charge in [-0.15, -0.1) is 0 Å². The van der Waals surface area contributed by atoms with Crippen LogP contribution in [0.5, 0.6) is 0 Å². The van der Waals surface area contributed by atoms with E-state index in [-0.39, 0.29) is 29.7 Å². The van der Waals surface area contributed by atoms with E-state index in [1.807, 2.05) is 18.2 Å². The zero-order valence-corrected chi connectivity index (χ0v) is 18.7. The Bertz CT molecular complexity index is 1390. The number of fused-ring (bicyclic) bond motifs is 6. The predicted octanol–water partition coefficient (Wildman–Crippen LogP) is 3.18. The molecule has 5 rings (SSSR count). The van der Waals surface area contributed by atoms with E-state index >= 15 is 0 Å². The largest absolute Gasteiger partial charge is 0.478 e. The second-order valence-corrected chi connectivity index (χ2v) is 8.76. The Morgan fingerprint density at radius 2 is 1.82 bits per heavy atom. The molecule has 1 atom stereocenters. The molecular formula is C26H23N3O5. The van der Waals surface area contributed by atoms with Gasteiger partial charge in [0.15, 0.2) is 5.78 Å². The molecule has 2 bridgehead atoms. The summed E-state index contributed by atoms with van der Waals surface area (Å²) in [5, 5.41) is 10.1. The number of likely N-dealkylation sites (N-methyl/N-ethyl adjacent to an activating group) is 1. The molecule has 3 amide bonds. The lowest BCUT2D eigenvalue weighted by Gasteiger charge is -2.41. The highest BCUT2D eigenvalue weighted by Gasteiger charge is 2.44. The number of carboxylic acid groups (broad SMARTS) is 1. The highest BCUT2D eigenvalue weighted by atomic mass is 16.4. The number of hydrogen-bond donors (Lipinski definition) is 1. The van der Waals surface area contributed by atoms with E-state index in [9.17, 15) is 24.3 Å². The van der Waals surface area contributed by atoms with Gasteiger partial charge in [0.1, 0.15) is 0 Å². The number of rotatable bonds is 6. The van der Waals surface area contributed by atoms with Crippen molar-refractivity contribution in [3.05, 3.63) is 83.1 Å². The van der Waals surface area contributed by atoms with E-state index in [0.717, 1.165) is 33.3 Å². The lowest BCUT2D eigenvalue weighted by molar-refractivity contribution is -0.132. The molecule has 8 heteroatoms. The summed E-state index contributed by atoms with van der Waals surface area (Å²) in [7, 11) is 1.51. The molecule has 1 N–H and O–H groups in total. The maximum absolute atomic E-state index is 13.1. The summed E-state index contributed by atoms with van der Waals surface area (Å²) in [5.41, 5.74) is 4.62. The predicted molar refractivity (Wildman–Crippen MR) is 125 cm³/mol. The number of aromatic nitrogens is 1. The topological polar surface area (TPSA) is 99.9 Å². The summed E-state index contributed by atoms with van der Waals surface area (Å²) < 4.78 is 2.09. The average molecular weight is 457 g/mol. The van der Waals surface area contributed by atoms with Crippen LogP contribution < -0.4 is 0 Å². The third-order valence-electron chi connectivity index (χ3n) is 6.70. The molecule has 1 saturated heterocycles. The van der Waals surface area contributed by atoms with Crippen LogP contribution in [0.15, 0.2) is 55.1 Å². The molecule has 2 aliphatic rings. The molecule has 0 saturated carbocycles. The first-order chi connectivity index (χ1) is 16.3. The molecule has 0 aliphatic carbocycles. The summed E-state index contributed by atoms with van der Waals surface area (Å²) in [5.74, 6) is -1.79. The number of benzene rings is 2. The molecule has 2 aliphatic heterocycles. The molecule has 1 aromatic heterocycles. The van der Waals surface area contributed by atoms with Gasteiger partial charge in [-0.3, -0.25) is 14.5 Å². The van der Waals surface area contributed by atoms with Crippen molar-refractivity contribution in [3.8, 4) is 0 Å². The van der Waals surface area contributed by atoms with Gasteiger partial charge in [-0.25, -0.2) is 9.59 Å². The number of aromatic carboxylic acids is 1. The van der Waals surface area contributed by atoms with Crippen LogP contribution in [-0.4, -0.2) is 56.8 Å². The van der Waals surface area contributed by atoms with E-state index in [2.05, 4.69) is 11.1 Å². The molecule has 0 radical (unpaired) electrons. The molecule has 0 spiro atoms. The second-order valence-electron chi connectivity index (χ2n) is 8.76. The minimum Gasteiger partial charge on any atom is -0.478 e. The van der Waals surface area contributed by atoms with Crippen molar-refractivity contribution in [1.82, 2.24) is 14.4 Å². The Morgan fingerprint density at radius 3 is 2.50 bits per heavy atom.